The van der Waals surface area contributed by atoms with E-state index in [1.54, 1.807) is 0 Å². The summed E-state index contributed by atoms with van der Waals surface area (Å²) in [6.07, 6.45) is 0. The summed E-state index contributed by atoms with van der Waals surface area (Å²) in [4.78, 5) is 9.87. The molecule has 190 valence electrons. The van der Waals surface area contributed by atoms with Gasteiger partial charge in [0.2, 0.25) is 0 Å². The maximum atomic E-state index is 2.39. The molecule has 2 aliphatic heterocycles. The molecule has 6 aromatic carbocycles. The molecule has 0 amide bonds. The van der Waals surface area contributed by atoms with Crippen molar-refractivity contribution in [1.29, 1.82) is 0 Å². The van der Waals surface area contributed by atoms with Crippen molar-refractivity contribution in [2.24, 2.45) is 0 Å². The van der Waals surface area contributed by atoms with E-state index < -0.39 is 0 Å². The van der Waals surface area contributed by atoms with E-state index in [2.05, 4.69) is 155 Å². The largest absolute Gasteiger partial charge is 0.308 e. The van der Waals surface area contributed by atoms with Crippen molar-refractivity contribution in [2.45, 2.75) is 19.6 Å². The predicted molar refractivity (Wildman–Crippen MR) is 169 cm³/mol. The van der Waals surface area contributed by atoms with Crippen LogP contribution in [0.4, 0.5) is 34.1 Å². The van der Waals surface area contributed by atoms with E-state index in [-0.39, 0.29) is 0 Å². The lowest BCUT2D eigenvalue weighted by Crippen LogP contribution is -2.15. The van der Waals surface area contributed by atoms with Crippen LogP contribution in [0.1, 0.15) is 0 Å². The highest BCUT2D eigenvalue weighted by molar-refractivity contribution is 8.00. The molecule has 40 heavy (non-hydrogen) atoms. The molecule has 0 aromatic heterocycles. The first-order chi connectivity index (χ1) is 19.8. The van der Waals surface area contributed by atoms with Crippen LogP contribution in [0, 0.1) is 0 Å². The Bertz CT molecular complexity index is 1670. The van der Waals surface area contributed by atoms with Crippen LogP contribution in [0.15, 0.2) is 165 Å². The molecule has 0 saturated carbocycles. The monoisotopic (exact) mass is 548 g/mol. The highest BCUT2D eigenvalue weighted by Crippen LogP contribution is 2.53. The van der Waals surface area contributed by atoms with Crippen molar-refractivity contribution in [2.75, 3.05) is 9.80 Å². The summed E-state index contributed by atoms with van der Waals surface area (Å²) in [5.74, 6) is 0. The van der Waals surface area contributed by atoms with E-state index >= 15 is 0 Å². The zero-order valence-corrected chi connectivity index (χ0v) is 23.2. The average molecular weight is 549 g/mol. The van der Waals surface area contributed by atoms with Crippen LogP contribution in [0.3, 0.4) is 0 Å². The van der Waals surface area contributed by atoms with E-state index in [1.807, 2.05) is 23.5 Å². The summed E-state index contributed by atoms with van der Waals surface area (Å²) in [5.41, 5.74) is 9.59. The van der Waals surface area contributed by atoms with Gasteiger partial charge in [0.15, 0.2) is 0 Å². The van der Waals surface area contributed by atoms with Crippen molar-refractivity contribution >= 4 is 57.6 Å². The van der Waals surface area contributed by atoms with Gasteiger partial charge in [-0.05, 0) is 83.9 Å². The standard InChI is InChI=1S/C36H24N2S2/c1-5-19-33-29(15-1)37(30-16-2-6-20-34(30)39-33)27-13-9-11-25(23-27)26-12-10-14-28(24-26)38-31-17-3-7-21-35(31)40-36-22-8-4-18-32(36)38/h1-24H. The second-order valence-electron chi connectivity index (χ2n) is 9.85. The summed E-state index contributed by atoms with van der Waals surface area (Å²) < 4.78 is 0. The minimum absolute atomic E-state index is 1.16. The number of rotatable bonds is 3. The first kappa shape index (κ1) is 23.5. The van der Waals surface area contributed by atoms with Gasteiger partial charge in [-0.1, -0.05) is 96.3 Å². The number of nitrogens with zero attached hydrogens (tertiary/aromatic N) is 2. The summed E-state index contributed by atoms with van der Waals surface area (Å²) in [7, 11) is 0. The van der Waals surface area contributed by atoms with Crippen LogP contribution >= 0.6 is 23.5 Å². The van der Waals surface area contributed by atoms with Gasteiger partial charge in [-0.3, -0.25) is 0 Å². The highest BCUT2D eigenvalue weighted by atomic mass is 32.2. The predicted octanol–water partition coefficient (Wildman–Crippen LogP) is 11.2. The van der Waals surface area contributed by atoms with Gasteiger partial charge in [0.05, 0.1) is 22.7 Å². The van der Waals surface area contributed by atoms with Gasteiger partial charge in [-0.15, -0.1) is 0 Å². The summed E-state index contributed by atoms with van der Waals surface area (Å²) in [6, 6.07) is 52.5. The van der Waals surface area contributed by atoms with E-state index in [4.69, 9.17) is 0 Å². The van der Waals surface area contributed by atoms with Crippen LogP contribution < -0.4 is 9.80 Å². The molecule has 0 aliphatic carbocycles. The lowest BCUT2D eigenvalue weighted by atomic mass is 10.0. The zero-order chi connectivity index (χ0) is 26.5. The van der Waals surface area contributed by atoms with Gasteiger partial charge >= 0.3 is 0 Å². The zero-order valence-electron chi connectivity index (χ0n) is 21.6. The van der Waals surface area contributed by atoms with E-state index in [9.17, 15) is 0 Å². The van der Waals surface area contributed by atoms with Crippen LogP contribution in [0.5, 0.6) is 0 Å². The third kappa shape index (κ3) is 3.91. The molecule has 8 rings (SSSR count). The fraction of sp³-hybridized carbons (Fsp3) is 0. The van der Waals surface area contributed by atoms with E-state index in [0.29, 0.717) is 0 Å². The molecule has 4 heteroatoms. The lowest BCUT2D eigenvalue weighted by Gasteiger charge is -2.33. The Morgan fingerprint density at radius 2 is 0.650 bits per heavy atom. The summed E-state index contributed by atoms with van der Waals surface area (Å²) in [6.45, 7) is 0. The Kier molecular flexibility index (Phi) is 5.68. The second kappa shape index (κ2) is 9.67. The molecular weight excluding hydrogens is 525 g/mol. The first-order valence-corrected chi connectivity index (χ1v) is 15.0. The Morgan fingerprint density at radius 3 is 1.00 bits per heavy atom. The van der Waals surface area contributed by atoms with Crippen LogP contribution in [-0.4, -0.2) is 0 Å². The lowest BCUT2D eigenvalue weighted by molar-refractivity contribution is 1.16. The number of benzene rings is 6. The maximum Gasteiger partial charge on any atom is 0.0601 e. The van der Waals surface area contributed by atoms with Crippen molar-refractivity contribution in [1.82, 2.24) is 0 Å². The van der Waals surface area contributed by atoms with Crippen LogP contribution in [0.2, 0.25) is 0 Å². The maximum absolute atomic E-state index is 2.39. The van der Waals surface area contributed by atoms with Crippen molar-refractivity contribution in [3.8, 4) is 11.1 Å². The molecule has 0 fully saturated rings. The van der Waals surface area contributed by atoms with E-state index in [0.717, 1.165) is 11.4 Å². The minimum atomic E-state index is 1.16. The third-order valence-corrected chi connectivity index (χ3v) is 9.67. The van der Waals surface area contributed by atoms with Crippen molar-refractivity contribution < 1.29 is 0 Å². The molecule has 0 bridgehead atoms. The van der Waals surface area contributed by atoms with Gasteiger partial charge in [0.25, 0.3) is 0 Å². The molecule has 2 nitrogen and oxygen atoms in total. The second-order valence-corrected chi connectivity index (χ2v) is 12.0. The number of para-hydroxylation sites is 4. The van der Waals surface area contributed by atoms with Crippen molar-refractivity contribution in [3.05, 3.63) is 146 Å². The molecule has 2 heterocycles. The Labute approximate surface area is 242 Å². The van der Waals surface area contributed by atoms with E-state index in [1.165, 1.54) is 53.5 Å². The van der Waals surface area contributed by atoms with Crippen molar-refractivity contribution in [3.63, 3.8) is 0 Å². The topological polar surface area (TPSA) is 6.48 Å². The van der Waals surface area contributed by atoms with Crippen LogP contribution in [0.25, 0.3) is 11.1 Å². The molecule has 6 aromatic rings. The van der Waals surface area contributed by atoms with Gasteiger partial charge in [-0.2, -0.15) is 0 Å². The fourth-order valence-electron chi connectivity index (χ4n) is 5.61. The molecule has 0 spiro atoms. The summed E-state index contributed by atoms with van der Waals surface area (Å²) in [5, 5.41) is 0. The third-order valence-electron chi connectivity index (χ3n) is 7.41. The normalized spacial score (nSPS) is 13.2. The molecular formula is C36H24N2S2. The van der Waals surface area contributed by atoms with Gasteiger partial charge in [-0.25, -0.2) is 0 Å². The number of fused-ring (bicyclic) bond motifs is 4. The molecule has 2 aliphatic rings. The molecule has 0 N–H and O–H groups in total. The molecule has 0 radical (unpaired) electrons. The average Bonchev–Trinajstić information content (AvgIpc) is 3.02. The minimum Gasteiger partial charge on any atom is -0.308 e. The molecule has 0 unspecified atom stereocenters. The number of anilines is 6. The molecule has 0 saturated heterocycles. The van der Waals surface area contributed by atoms with Crippen LogP contribution in [-0.2, 0) is 0 Å². The first-order valence-electron chi connectivity index (χ1n) is 13.4. The summed E-state index contributed by atoms with van der Waals surface area (Å²) >= 11 is 3.68. The quantitative estimate of drug-likeness (QED) is 0.216. The Hall–Kier alpha value is -4.38. The highest BCUT2D eigenvalue weighted by Gasteiger charge is 2.26. The Morgan fingerprint density at radius 1 is 0.325 bits per heavy atom. The van der Waals surface area contributed by atoms with Gasteiger partial charge < -0.3 is 9.80 Å². The number of hydrogen-bond donors (Lipinski definition) is 0. The van der Waals surface area contributed by atoms with Gasteiger partial charge in [0.1, 0.15) is 0 Å². The van der Waals surface area contributed by atoms with Gasteiger partial charge in [0, 0.05) is 31.0 Å². The Balaban J connectivity index is 1.24. The smallest absolute Gasteiger partial charge is 0.0601 e. The SMILES string of the molecule is c1cc(-c2cccc(N3c4ccccc4Sc4ccccc43)c2)cc(N2c3ccccc3Sc3ccccc32)c1. The molecule has 0 atom stereocenters. The fourth-order valence-corrected chi connectivity index (χ4v) is 7.73. The number of hydrogen-bond acceptors (Lipinski definition) is 4.